The first kappa shape index (κ1) is 27.9. The first-order chi connectivity index (χ1) is 17.9. The summed E-state index contributed by atoms with van der Waals surface area (Å²) in [5, 5.41) is 5.97. The molecule has 196 valence electrons. The highest BCUT2D eigenvalue weighted by Crippen LogP contribution is 2.48. The van der Waals surface area contributed by atoms with Crippen LogP contribution in [0.2, 0.25) is 0 Å². The molecule has 0 fully saturated rings. The van der Waals surface area contributed by atoms with Crippen LogP contribution in [0.25, 0.3) is 0 Å². The van der Waals surface area contributed by atoms with E-state index in [1.165, 1.54) is 11.3 Å². The van der Waals surface area contributed by atoms with Crippen LogP contribution in [0.1, 0.15) is 44.2 Å². The lowest BCUT2D eigenvalue weighted by molar-refractivity contribution is -0.152. The van der Waals surface area contributed by atoms with E-state index in [4.69, 9.17) is 14.2 Å². The fourth-order valence-electron chi connectivity index (χ4n) is 4.61. The second-order valence-corrected chi connectivity index (χ2v) is 9.47. The lowest BCUT2D eigenvalue weighted by Gasteiger charge is -2.46. The summed E-state index contributed by atoms with van der Waals surface area (Å²) in [6, 6.07) is 19.4. The summed E-state index contributed by atoms with van der Waals surface area (Å²) in [4.78, 5) is 30.6. The zero-order valence-electron chi connectivity index (χ0n) is 21.9. The van der Waals surface area contributed by atoms with Crippen molar-refractivity contribution < 1.29 is 23.8 Å². The summed E-state index contributed by atoms with van der Waals surface area (Å²) in [6.07, 6.45) is 1.68. The van der Waals surface area contributed by atoms with Crippen molar-refractivity contribution in [2.75, 3.05) is 20.3 Å². The van der Waals surface area contributed by atoms with E-state index < -0.39 is 23.3 Å². The van der Waals surface area contributed by atoms with Crippen LogP contribution in [-0.4, -0.2) is 37.2 Å². The van der Waals surface area contributed by atoms with Crippen molar-refractivity contribution in [2.45, 2.75) is 39.2 Å². The molecule has 4 rings (SSSR count). The number of allylic oxidation sites excluding steroid dienone is 1. The van der Waals surface area contributed by atoms with Gasteiger partial charge in [0.05, 0.1) is 43.3 Å². The normalized spacial score (nSPS) is 20.7. The second kappa shape index (κ2) is 13.1. The van der Waals surface area contributed by atoms with Gasteiger partial charge in [0.15, 0.2) is 0 Å². The number of nitrogens with zero attached hydrogens (tertiary/aromatic N) is 1. The summed E-state index contributed by atoms with van der Waals surface area (Å²) in [5.41, 5.74) is 1.25. The number of benzene rings is 2. The van der Waals surface area contributed by atoms with E-state index in [9.17, 15) is 9.59 Å². The van der Waals surface area contributed by atoms with Crippen LogP contribution < -0.4 is 10.1 Å². The van der Waals surface area contributed by atoms with Crippen molar-refractivity contribution in [3.8, 4) is 5.75 Å². The molecule has 3 aromatic rings. The van der Waals surface area contributed by atoms with E-state index >= 15 is 0 Å². The molecule has 2 aromatic carbocycles. The Labute approximate surface area is 222 Å². The number of methoxy groups -OCH3 is 1. The molecule has 3 unspecified atom stereocenters. The van der Waals surface area contributed by atoms with Crippen LogP contribution in [-0.2, 0) is 24.6 Å². The molecule has 0 spiro atoms. The Bertz CT molecular complexity index is 1180. The average molecular weight is 523 g/mol. The van der Waals surface area contributed by atoms with Gasteiger partial charge in [-0.05, 0) is 45.4 Å². The summed E-state index contributed by atoms with van der Waals surface area (Å²) in [7, 11) is 1.66. The van der Waals surface area contributed by atoms with Crippen LogP contribution in [0.3, 0.4) is 0 Å². The standard InChI is InChI=1S/C22H26N2O4S.C7H8O/c1-5-27-20(25)16-14(3)24-22(4,15-10-8-7-9-11-15)18(21(26)28-6-2)17(16)19-23-12-13-29-19;1-8-7-5-3-2-4-6-7/h7-13,17-18,24H,5-6H2,1-4H3;2-6H,1H3. The zero-order chi connectivity index (χ0) is 26.8. The number of ether oxygens (including phenoxy) is 3. The number of aromatic nitrogens is 1. The summed E-state index contributed by atoms with van der Waals surface area (Å²) < 4.78 is 15.7. The molecule has 3 atom stereocenters. The van der Waals surface area contributed by atoms with Gasteiger partial charge in [-0.1, -0.05) is 48.5 Å². The smallest absolute Gasteiger partial charge is 0.336 e. The number of carbonyl (C=O) groups is 2. The number of thiazole rings is 1. The van der Waals surface area contributed by atoms with Gasteiger partial charge >= 0.3 is 11.9 Å². The van der Waals surface area contributed by atoms with Crippen molar-refractivity contribution in [1.29, 1.82) is 0 Å². The molecular formula is C29H34N2O5S. The van der Waals surface area contributed by atoms with E-state index in [1.807, 2.05) is 79.9 Å². The van der Waals surface area contributed by atoms with E-state index in [2.05, 4.69) is 10.3 Å². The molecule has 0 saturated carbocycles. The molecule has 0 radical (unpaired) electrons. The van der Waals surface area contributed by atoms with Crippen LogP contribution >= 0.6 is 11.3 Å². The maximum absolute atomic E-state index is 13.3. The predicted molar refractivity (Wildman–Crippen MR) is 144 cm³/mol. The van der Waals surface area contributed by atoms with Gasteiger partial charge in [-0.15, -0.1) is 11.3 Å². The fourth-order valence-corrected chi connectivity index (χ4v) is 5.39. The molecule has 0 bridgehead atoms. The average Bonchev–Trinajstić information content (AvgIpc) is 3.44. The summed E-state index contributed by atoms with van der Waals surface area (Å²) in [5.74, 6) is -1.17. The lowest BCUT2D eigenvalue weighted by Crippen LogP contribution is -2.55. The van der Waals surface area contributed by atoms with E-state index in [1.54, 1.807) is 27.2 Å². The largest absolute Gasteiger partial charge is 0.497 e. The van der Waals surface area contributed by atoms with Gasteiger partial charge in [0, 0.05) is 17.3 Å². The van der Waals surface area contributed by atoms with Crippen LogP contribution in [0, 0.1) is 5.92 Å². The minimum absolute atomic E-state index is 0.250. The predicted octanol–water partition coefficient (Wildman–Crippen LogP) is 5.46. The third kappa shape index (κ3) is 6.38. The first-order valence-corrected chi connectivity index (χ1v) is 13.1. The van der Waals surface area contributed by atoms with Crippen LogP contribution in [0.4, 0.5) is 0 Å². The van der Waals surface area contributed by atoms with Gasteiger partial charge in [-0.25, -0.2) is 9.78 Å². The van der Waals surface area contributed by atoms with Gasteiger partial charge in [-0.2, -0.15) is 0 Å². The fraction of sp³-hybridized carbons (Fsp3) is 0.345. The van der Waals surface area contributed by atoms with Gasteiger partial charge in [0.2, 0.25) is 0 Å². The highest BCUT2D eigenvalue weighted by atomic mass is 32.1. The molecular weight excluding hydrogens is 488 g/mol. The molecule has 1 aliphatic heterocycles. The maximum atomic E-state index is 13.3. The van der Waals surface area contributed by atoms with Crippen LogP contribution in [0.5, 0.6) is 5.75 Å². The Morgan fingerprint density at radius 2 is 1.62 bits per heavy atom. The van der Waals surface area contributed by atoms with E-state index in [-0.39, 0.29) is 19.2 Å². The molecule has 1 N–H and O–H groups in total. The van der Waals surface area contributed by atoms with Gasteiger partial charge in [0.25, 0.3) is 0 Å². The maximum Gasteiger partial charge on any atom is 0.336 e. The number of nitrogens with one attached hydrogen (secondary N) is 1. The monoisotopic (exact) mass is 522 g/mol. The zero-order valence-corrected chi connectivity index (χ0v) is 22.7. The molecule has 0 aliphatic carbocycles. The Morgan fingerprint density at radius 3 is 2.14 bits per heavy atom. The van der Waals surface area contributed by atoms with Crippen molar-refractivity contribution in [3.63, 3.8) is 0 Å². The highest BCUT2D eigenvalue weighted by molar-refractivity contribution is 7.09. The SMILES string of the molecule is CCOC(=O)C1=C(C)NC(C)(c2ccccc2)C(C(=O)OCC)C1c1nccs1.COc1ccccc1. The van der Waals surface area contributed by atoms with Crippen LogP contribution in [0.15, 0.2) is 83.5 Å². The minimum Gasteiger partial charge on any atom is -0.497 e. The topological polar surface area (TPSA) is 86.8 Å². The number of hydrogen-bond donors (Lipinski definition) is 1. The molecule has 0 amide bonds. The molecule has 7 nitrogen and oxygen atoms in total. The molecule has 8 heteroatoms. The quantitative estimate of drug-likeness (QED) is 0.413. The first-order valence-electron chi connectivity index (χ1n) is 12.2. The third-order valence-corrected chi connectivity index (χ3v) is 7.08. The second-order valence-electron chi connectivity index (χ2n) is 8.55. The molecule has 1 aromatic heterocycles. The van der Waals surface area contributed by atoms with Crippen molar-refractivity contribution in [2.24, 2.45) is 5.92 Å². The Balaban J connectivity index is 0.000000405. The Kier molecular flexibility index (Phi) is 9.85. The van der Waals surface area contributed by atoms with E-state index in [0.717, 1.165) is 11.3 Å². The number of esters is 2. The molecule has 2 heterocycles. The minimum atomic E-state index is -0.788. The molecule has 1 aliphatic rings. The van der Waals surface area contributed by atoms with Crippen molar-refractivity contribution in [3.05, 3.63) is 94.1 Å². The molecule has 37 heavy (non-hydrogen) atoms. The number of para-hydroxylation sites is 1. The lowest BCUT2D eigenvalue weighted by atomic mass is 9.67. The third-order valence-electron chi connectivity index (χ3n) is 6.22. The number of hydrogen-bond acceptors (Lipinski definition) is 8. The molecule has 0 saturated heterocycles. The summed E-state index contributed by atoms with van der Waals surface area (Å²) >= 11 is 1.42. The summed E-state index contributed by atoms with van der Waals surface area (Å²) in [6.45, 7) is 7.85. The van der Waals surface area contributed by atoms with Gasteiger partial charge in [0.1, 0.15) is 10.8 Å². The Morgan fingerprint density at radius 1 is 1.00 bits per heavy atom. The van der Waals surface area contributed by atoms with Crippen molar-refractivity contribution in [1.82, 2.24) is 10.3 Å². The van der Waals surface area contributed by atoms with Crippen molar-refractivity contribution >= 4 is 23.3 Å². The highest BCUT2D eigenvalue weighted by Gasteiger charge is 2.54. The number of rotatable bonds is 7. The number of carbonyl (C=O) groups excluding carboxylic acids is 2. The van der Waals surface area contributed by atoms with Gasteiger partial charge in [-0.3, -0.25) is 4.79 Å². The van der Waals surface area contributed by atoms with Gasteiger partial charge < -0.3 is 19.5 Å². The Hall–Kier alpha value is -3.65. The van der Waals surface area contributed by atoms with E-state index in [0.29, 0.717) is 16.3 Å².